The minimum Gasteiger partial charge on any atom is -0.508 e. The van der Waals surface area contributed by atoms with Crippen LogP contribution in [0, 0.1) is 11.8 Å². The lowest BCUT2D eigenvalue weighted by molar-refractivity contribution is -0.187. The van der Waals surface area contributed by atoms with E-state index >= 15 is 0 Å². The molecule has 8 nitrogen and oxygen atoms in total. The summed E-state index contributed by atoms with van der Waals surface area (Å²) in [7, 11) is 0. The summed E-state index contributed by atoms with van der Waals surface area (Å²) in [5.41, 5.74) is 2.00. The number of phenolic OH excluding ortho intramolecular Hbond substituents is 1. The van der Waals surface area contributed by atoms with Gasteiger partial charge in [0.1, 0.15) is 23.6 Å². The molecule has 2 fully saturated rings. The summed E-state index contributed by atoms with van der Waals surface area (Å²) in [5, 5.41) is 12.8. The molecule has 35 heavy (non-hydrogen) atoms. The maximum absolute atomic E-state index is 13.3. The summed E-state index contributed by atoms with van der Waals surface area (Å²) in [6.45, 7) is 6.05. The summed E-state index contributed by atoms with van der Waals surface area (Å²) in [5.74, 6) is 1.14. The first-order valence-electron chi connectivity index (χ1n) is 12.4. The third-order valence-corrected chi connectivity index (χ3v) is 7.99. The Bertz CT molecular complexity index is 1180. The van der Waals surface area contributed by atoms with Gasteiger partial charge in [0.15, 0.2) is 0 Å². The van der Waals surface area contributed by atoms with Gasteiger partial charge >= 0.3 is 0 Å². The molecule has 2 saturated heterocycles. The largest absolute Gasteiger partial charge is 0.508 e. The molecule has 0 spiro atoms. The van der Waals surface area contributed by atoms with Crippen molar-refractivity contribution in [3.63, 3.8) is 0 Å². The van der Waals surface area contributed by atoms with Gasteiger partial charge in [-0.15, -0.1) is 0 Å². The number of benzene rings is 2. The van der Waals surface area contributed by atoms with Crippen LogP contribution >= 0.6 is 0 Å². The predicted octanol–water partition coefficient (Wildman–Crippen LogP) is 3.32. The van der Waals surface area contributed by atoms with Gasteiger partial charge in [0.05, 0.1) is 30.1 Å². The van der Waals surface area contributed by atoms with Gasteiger partial charge in [-0.25, -0.2) is 0 Å². The zero-order valence-electron chi connectivity index (χ0n) is 20.1. The molecule has 6 rings (SSSR count). The second-order valence-electron chi connectivity index (χ2n) is 10.7. The van der Waals surface area contributed by atoms with Crippen LogP contribution in [0.15, 0.2) is 42.5 Å². The number of anilines is 2. The zero-order chi connectivity index (χ0) is 24.3. The van der Waals surface area contributed by atoms with Crippen LogP contribution in [0.2, 0.25) is 0 Å². The highest BCUT2D eigenvalue weighted by molar-refractivity contribution is 6.10. The number of amides is 2. The van der Waals surface area contributed by atoms with E-state index in [4.69, 9.17) is 9.47 Å². The quantitative estimate of drug-likeness (QED) is 0.690. The van der Waals surface area contributed by atoms with Crippen molar-refractivity contribution in [1.29, 1.82) is 0 Å². The number of nitrogens with one attached hydrogen (secondary N) is 1. The molecule has 4 aliphatic rings. The van der Waals surface area contributed by atoms with Crippen LogP contribution in [0.1, 0.15) is 38.4 Å². The predicted molar refractivity (Wildman–Crippen MR) is 131 cm³/mol. The SMILES string of the molecule is CC1(C)Oc2cc(O)ccc2[C@H]2O[C@H]3CCN(CC(=O)N4CC(=O)Nc5ccccc54)C[C@@H]3C[C@@H]21. The van der Waals surface area contributed by atoms with Crippen LogP contribution in [-0.4, -0.2) is 59.7 Å². The van der Waals surface area contributed by atoms with Crippen molar-refractivity contribution in [3.8, 4) is 11.5 Å². The standard InChI is InChI=1S/C27H31N3O5/c1-27(2)19-11-16-13-29(15-25(33)30-14-24(32)28-20-5-3-4-6-21(20)30)10-9-22(16)34-26(19)18-8-7-17(31)12-23(18)35-27/h3-8,12,16,19,22,26,31H,9-11,13-15H2,1-2H3,(H,28,32)/t16-,19-,22-,26+/m0/s1. The lowest BCUT2D eigenvalue weighted by Crippen LogP contribution is -2.56. The number of rotatable bonds is 2. The van der Waals surface area contributed by atoms with Crippen LogP contribution in [-0.2, 0) is 14.3 Å². The van der Waals surface area contributed by atoms with Crippen LogP contribution in [0.25, 0.3) is 0 Å². The van der Waals surface area contributed by atoms with E-state index in [1.807, 2.05) is 30.3 Å². The molecule has 8 heteroatoms. The highest BCUT2D eigenvalue weighted by Gasteiger charge is 2.51. The van der Waals surface area contributed by atoms with Gasteiger partial charge in [-0.3, -0.25) is 19.4 Å². The first-order chi connectivity index (χ1) is 16.8. The van der Waals surface area contributed by atoms with Crippen molar-refractivity contribution < 1.29 is 24.2 Å². The van der Waals surface area contributed by atoms with E-state index in [1.54, 1.807) is 17.0 Å². The Morgan fingerprint density at radius 2 is 2.06 bits per heavy atom. The fourth-order valence-corrected chi connectivity index (χ4v) is 6.24. The van der Waals surface area contributed by atoms with Crippen LogP contribution < -0.4 is 15.0 Å². The fourth-order valence-electron chi connectivity index (χ4n) is 6.24. The normalized spacial score (nSPS) is 29.1. The molecule has 2 amide bonds. The minimum atomic E-state index is -0.431. The Kier molecular flexibility index (Phi) is 5.27. The van der Waals surface area contributed by atoms with E-state index in [2.05, 4.69) is 24.1 Å². The molecular weight excluding hydrogens is 446 g/mol. The number of ether oxygens (including phenoxy) is 2. The molecule has 2 aromatic rings. The molecule has 0 aliphatic carbocycles. The molecule has 2 N–H and O–H groups in total. The number of aromatic hydroxyl groups is 1. The maximum atomic E-state index is 13.3. The molecular formula is C27H31N3O5. The topological polar surface area (TPSA) is 91.3 Å². The Morgan fingerprint density at radius 3 is 2.91 bits per heavy atom. The summed E-state index contributed by atoms with van der Waals surface area (Å²) in [4.78, 5) is 29.2. The molecule has 0 saturated carbocycles. The van der Waals surface area contributed by atoms with Gasteiger partial charge in [0, 0.05) is 30.6 Å². The van der Waals surface area contributed by atoms with Gasteiger partial charge in [-0.2, -0.15) is 0 Å². The first kappa shape index (κ1) is 22.4. The number of hydrogen-bond donors (Lipinski definition) is 2. The number of likely N-dealkylation sites (tertiary alicyclic amines) is 1. The van der Waals surface area contributed by atoms with Gasteiger partial charge in [0.25, 0.3) is 0 Å². The zero-order valence-corrected chi connectivity index (χ0v) is 20.1. The molecule has 0 unspecified atom stereocenters. The third-order valence-electron chi connectivity index (χ3n) is 7.99. The molecule has 4 aliphatic heterocycles. The van der Waals surface area contributed by atoms with E-state index in [-0.39, 0.29) is 48.8 Å². The van der Waals surface area contributed by atoms with Gasteiger partial charge < -0.3 is 19.9 Å². The number of piperidine rings is 1. The van der Waals surface area contributed by atoms with Crippen LogP contribution in [0.5, 0.6) is 11.5 Å². The Hall–Kier alpha value is -3.10. The van der Waals surface area contributed by atoms with Crippen molar-refractivity contribution in [2.45, 2.75) is 44.5 Å². The van der Waals surface area contributed by atoms with Crippen molar-refractivity contribution >= 4 is 23.2 Å². The van der Waals surface area contributed by atoms with E-state index in [0.717, 1.165) is 37.2 Å². The average Bonchev–Trinajstić information content (AvgIpc) is 2.82. The second kappa shape index (κ2) is 8.24. The van der Waals surface area contributed by atoms with E-state index < -0.39 is 5.60 Å². The average molecular weight is 478 g/mol. The van der Waals surface area contributed by atoms with Gasteiger partial charge in [0.2, 0.25) is 11.8 Å². The molecule has 4 heterocycles. The number of nitrogens with zero attached hydrogens (tertiary/aromatic N) is 2. The number of phenols is 1. The third kappa shape index (κ3) is 3.94. The van der Waals surface area contributed by atoms with E-state index in [0.29, 0.717) is 17.4 Å². The number of hydrogen-bond acceptors (Lipinski definition) is 6. The van der Waals surface area contributed by atoms with Gasteiger partial charge in [-0.05, 0) is 56.9 Å². The monoisotopic (exact) mass is 477 g/mol. The Balaban J connectivity index is 1.17. The van der Waals surface area contributed by atoms with Crippen molar-refractivity contribution in [1.82, 2.24) is 4.90 Å². The molecule has 184 valence electrons. The number of carbonyl (C=O) groups excluding carboxylic acids is 2. The molecule has 4 atom stereocenters. The number of para-hydroxylation sites is 2. The summed E-state index contributed by atoms with van der Waals surface area (Å²) < 4.78 is 13.0. The lowest BCUT2D eigenvalue weighted by atomic mass is 9.70. The van der Waals surface area contributed by atoms with E-state index in [9.17, 15) is 14.7 Å². The first-order valence-corrected chi connectivity index (χ1v) is 12.4. The highest BCUT2D eigenvalue weighted by atomic mass is 16.5. The Labute approximate surface area is 204 Å². The van der Waals surface area contributed by atoms with E-state index in [1.165, 1.54) is 0 Å². The van der Waals surface area contributed by atoms with Gasteiger partial charge in [-0.1, -0.05) is 12.1 Å². The molecule has 0 bridgehead atoms. The molecule has 2 aromatic carbocycles. The summed E-state index contributed by atoms with van der Waals surface area (Å²) in [6.07, 6.45) is 1.86. The molecule has 0 radical (unpaired) electrons. The smallest absolute Gasteiger partial charge is 0.244 e. The van der Waals surface area contributed by atoms with Crippen LogP contribution in [0.4, 0.5) is 11.4 Å². The number of carbonyl (C=O) groups is 2. The number of fused-ring (bicyclic) bond motifs is 5. The summed E-state index contributed by atoms with van der Waals surface area (Å²) in [6, 6.07) is 12.7. The van der Waals surface area contributed by atoms with Crippen LogP contribution in [0.3, 0.4) is 0 Å². The molecule has 0 aromatic heterocycles. The minimum absolute atomic E-state index is 0.0447. The highest BCUT2D eigenvalue weighted by Crippen LogP contribution is 2.53. The van der Waals surface area contributed by atoms with Crippen molar-refractivity contribution in [2.24, 2.45) is 11.8 Å². The Morgan fingerprint density at radius 1 is 1.23 bits per heavy atom. The van der Waals surface area contributed by atoms with Crippen molar-refractivity contribution in [3.05, 3.63) is 48.0 Å². The lowest BCUT2D eigenvalue weighted by Gasteiger charge is -2.53. The maximum Gasteiger partial charge on any atom is 0.244 e. The van der Waals surface area contributed by atoms with Crippen molar-refractivity contribution in [2.75, 3.05) is 36.4 Å². The fraction of sp³-hybridized carbons (Fsp3) is 0.481. The summed E-state index contributed by atoms with van der Waals surface area (Å²) >= 11 is 0. The second-order valence-corrected chi connectivity index (χ2v) is 10.7.